The van der Waals surface area contributed by atoms with Gasteiger partial charge in [0.15, 0.2) is 11.8 Å². The van der Waals surface area contributed by atoms with E-state index in [4.69, 9.17) is 25.8 Å². The number of Topliss-reactive ketones (excluding diaryl/α,β-unsaturated/α-hetero) is 1. The molecular weight excluding hydrogens is 696 g/mol. The molecule has 0 spiro atoms. The average Bonchev–Trinajstić information content (AvgIpc) is 3.33. The largest absolute Gasteiger partial charge is 0.465 e. The van der Waals surface area contributed by atoms with E-state index in [1.807, 2.05) is 49.4 Å². The highest BCUT2D eigenvalue weighted by atomic mass is 35.5. The van der Waals surface area contributed by atoms with Crippen molar-refractivity contribution in [3.05, 3.63) is 88.4 Å². The number of carbonyl (C=O) groups excluding carboxylic acids is 4. The van der Waals surface area contributed by atoms with Crippen LogP contribution < -0.4 is 15.4 Å². The van der Waals surface area contributed by atoms with Gasteiger partial charge in [0.2, 0.25) is 12.5 Å². The van der Waals surface area contributed by atoms with Gasteiger partial charge in [-0.1, -0.05) is 108 Å². The fourth-order valence-electron chi connectivity index (χ4n) is 5.83. The first-order chi connectivity index (χ1) is 25.0. The number of rotatable bonds is 17. The SMILES string of the molecule is CCOC1C(=O)N(C(C(=O)Nc2cc(NCOC(CC)Oc3ccc(C)cc3C(C)(C)CC)ccc2Cl)C(=O)C(C)(C)C)C(=O)N1Cc1ccccc1. The number of nitrogens with zero attached hydrogens (tertiary/aromatic N) is 2. The highest BCUT2D eigenvalue weighted by Crippen LogP contribution is 2.36. The molecule has 3 aromatic carbocycles. The zero-order valence-corrected chi connectivity index (χ0v) is 33.0. The number of hydrogen-bond donors (Lipinski definition) is 2. The van der Waals surface area contributed by atoms with E-state index in [2.05, 4.69) is 44.4 Å². The van der Waals surface area contributed by atoms with Crippen molar-refractivity contribution < 1.29 is 33.4 Å². The maximum absolute atomic E-state index is 14.1. The number of imide groups is 1. The van der Waals surface area contributed by atoms with Gasteiger partial charge in [-0.3, -0.25) is 19.3 Å². The van der Waals surface area contributed by atoms with Crippen LogP contribution in [0.2, 0.25) is 5.02 Å². The first kappa shape index (κ1) is 41.3. The van der Waals surface area contributed by atoms with Crippen LogP contribution >= 0.6 is 11.6 Å². The molecule has 3 atom stereocenters. The van der Waals surface area contributed by atoms with Gasteiger partial charge in [-0.2, -0.15) is 0 Å². The van der Waals surface area contributed by atoms with E-state index in [9.17, 15) is 19.2 Å². The molecule has 0 aromatic heterocycles. The van der Waals surface area contributed by atoms with Crippen molar-refractivity contribution in [3.63, 3.8) is 0 Å². The minimum Gasteiger partial charge on any atom is -0.465 e. The second-order valence-corrected chi connectivity index (χ2v) is 15.2. The second-order valence-electron chi connectivity index (χ2n) is 14.8. The number of ether oxygens (including phenoxy) is 3. The average molecular weight is 749 g/mol. The van der Waals surface area contributed by atoms with Gasteiger partial charge in [0.25, 0.3) is 11.8 Å². The molecule has 0 radical (unpaired) electrons. The smallest absolute Gasteiger partial charge is 0.330 e. The molecule has 1 heterocycles. The van der Waals surface area contributed by atoms with Gasteiger partial charge < -0.3 is 24.8 Å². The van der Waals surface area contributed by atoms with Gasteiger partial charge in [-0.15, -0.1) is 0 Å². The summed E-state index contributed by atoms with van der Waals surface area (Å²) < 4.78 is 18.1. The second kappa shape index (κ2) is 17.6. The van der Waals surface area contributed by atoms with Crippen LogP contribution in [0.15, 0.2) is 66.7 Å². The molecular formula is C41H53ClN4O7. The molecule has 1 saturated heterocycles. The Kier molecular flexibility index (Phi) is 13.7. The highest BCUT2D eigenvalue weighted by Gasteiger charge is 2.54. The first-order valence-corrected chi connectivity index (χ1v) is 18.5. The van der Waals surface area contributed by atoms with E-state index in [-0.39, 0.29) is 36.0 Å². The van der Waals surface area contributed by atoms with Gasteiger partial charge in [0.1, 0.15) is 12.5 Å². The lowest BCUT2D eigenvalue weighted by Gasteiger charge is -2.29. The molecule has 1 fully saturated rings. The fraction of sp³-hybridized carbons (Fsp3) is 0.463. The lowest BCUT2D eigenvalue weighted by molar-refractivity contribution is -0.149. The summed E-state index contributed by atoms with van der Waals surface area (Å²) in [4.78, 5) is 57.6. The maximum Gasteiger partial charge on any atom is 0.330 e. The maximum atomic E-state index is 14.1. The normalized spacial score (nSPS) is 16.1. The number of benzene rings is 3. The van der Waals surface area contributed by atoms with Crippen LogP contribution in [-0.2, 0) is 35.8 Å². The number of carbonyl (C=O) groups is 4. The lowest BCUT2D eigenvalue weighted by Crippen LogP contribution is -2.55. The minimum atomic E-state index is -1.79. The van der Waals surface area contributed by atoms with Crippen molar-refractivity contribution in [3.8, 4) is 5.75 Å². The molecule has 0 saturated carbocycles. The van der Waals surface area contributed by atoms with Gasteiger partial charge in [-0.25, -0.2) is 9.69 Å². The molecule has 0 bridgehead atoms. The Morgan fingerprint density at radius 1 is 0.943 bits per heavy atom. The monoisotopic (exact) mass is 748 g/mol. The third-order valence-corrected chi connectivity index (χ3v) is 9.64. The van der Waals surface area contributed by atoms with E-state index < -0.39 is 47.6 Å². The van der Waals surface area contributed by atoms with Crippen molar-refractivity contribution in [2.75, 3.05) is 24.0 Å². The Morgan fingerprint density at radius 2 is 1.64 bits per heavy atom. The predicted molar refractivity (Wildman–Crippen MR) is 207 cm³/mol. The summed E-state index contributed by atoms with van der Waals surface area (Å²) in [7, 11) is 0. The standard InChI is InChI=1S/C41H53ClN4O7/c1-10-33(53-32-21-18-26(4)22-29(32)41(8,9)11-2)52-25-43-28-19-20-30(42)31(23-28)44-36(48)34(35(47)40(5,6)7)46-37(49)38(51-12-3)45(39(46)50)24-27-16-14-13-15-17-27/h13-23,33-34,38,43H,10-12,24-25H2,1-9H3,(H,44,48). The molecule has 12 heteroatoms. The van der Waals surface area contributed by atoms with Crippen LogP contribution in [-0.4, -0.2) is 65.3 Å². The summed E-state index contributed by atoms with van der Waals surface area (Å²) in [5, 5.41) is 6.06. The summed E-state index contributed by atoms with van der Waals surface area (Å²) >= 11 is 6.53. The molecule has 286 valence electrons. The zero-order chi connectivity index (χ0) is 39.1. The number of aryl methyl sites for hydroxylation is 1. The fourth-order valence-corrected chi connectivity index (χ4v) is 5.99. The Hall–Kier alpha value is -4.45. The summed E-state index contributed by atoms with van der Waals surface area (Å²) in [6.45, 7) is 17.4. The molecule has 0 aliphatic carbocycles. The quantitative estimate of drug-likeness (QED) is 0.0803. The Bertz CT molecular complexity index is 1780. The molecule has 53 heavy (non-hydrogen) atoms. The number of ketones is 1. The molecule has 1 aliphatic rings. The Balaban J connectivity index is 1.52. The van der Waals surface area contributed by atoms with Crippen LogP contribution in [0.1, 0.15) is 84.9 Å². The lowest BCUT2D eigenvalue weighted by atomic mass is 9.81. The van der Waals surface area contributed by atoms with E-state index >= 15 is 0 Å². The number of nitrogens with one attached hydrogen (secondary N) is 2. The van der Waals surface area contributed by atoms with Crippen molar-refractivity contribution >= 4 is 46.6 Å². The molecule has 3 unspecified atom stereocenters. The summed E-state index contributed by atoms with van der Waals surface area (Å²) in [6.07, 6.45) is -0.311. The van der Waals surface area contributed by atoms with Crippen molar-refractivity contribution in [2.24, 2.45) is 5.41 Å². The number of halogens is 1. The minimum absolute atomic E-state index is 0.0408. The predicted octanol–water partition coefficient (Wildman–Crippen LogP) is 8.29. The van der Waals surface area contributed by atoms with Crippen LogP contribution in [0.3, 0.4) is 0 Å². The van der Waals surface area contributed by atoms with E-state index in [1.165, 1.54) is 4.90 Å². The number of anilines is 2. The number of urea groups is 1. The topological polar surface area (TPSA) is 127 Å². The molecule has 1 aliphatic heterocycles. The van der Waals surface area contributed by atoms with E-state index in [0.717, 1.165) is 28.9 Å². The third kappa shape index (κ3) is 9.96. The molecule has 2 N–H and O–H groups in total. The zero-order valence-electron chi connectivity index (χ0n) is 32.2. The van der Waals surface area contributed by atoms with Gasteiger partial charge in [0, 0.05) is 29.7 Å². The van der Waals surface area contributed by atoms with E-state index in [0.29, 0.717) is 17.0 Å². The summed E-state index contributed by atoms with van der Waals surface area (Å²) in [5.41, 5.74) is 2.57. The van der Waals surface area contributed by atoms with Gasteiger partial charge >= 0.3 is 6.03 Å². The van der Waals surface area contributed by atoms with Gasteiger partial charge in [0.05, 0.1) is 17.3 Å². The van der Waals surface area contributed by atoms with Crippen molar-refractivity contribution in [2.45, 2.75) is 106 Å². The van der Waals surface area contributed by atoms with E-state index in [1.54, 1.807) is 45.9 Å². The Morgan fingerprint density at radius 3 is 2.26 bits per heavy atom. The van der Waals surface area contributed by atoms with Crippen molar-refractivity contribution in [1.29, 1.82) is 0 Å². The van der Waals surface area contributed by atoms with Crippen LogP contribution in [0.4, 0.5) is 16.2 Å². The number of amides is 4. The Labute approximate surface area is 318 Å². The van der Waals surface area contributed by atoms with Crippen LogP contribution in [0.25, 0.3) is 0 Å². The third-order valence-electron chi connectivity index (χ3n) is 9.31. The summed E-state index contributed by atoms with van der Waals surface area (Å²) in [5.74, 6) is -1.54. The van der Waals surface area contributed by atoms with Crippen LogP contribution in [0.5, 0.6) is 5.75 Å². The first-order valence-electron chi connectivity index (χ1n) is 18.1. The number of hydrogen-bond acceptors (Lipinski definition) is 8. The van der Waals surface area contributed by atoms with Crippen molar-refractivity contribution in [1.82, 2.24) is 9.80 Å². The molecule has 4 amide bonds. The summed E-state index contributed by atoms with van der Waals surface area (Å²) in [6, 6.07) is 17.5. The molecule has 4 rings (SSSR count). The molecule has 3 aromatic rings. The molecule has 11 nitrogen and oxygen atoms in total. The highest BCUT2D eigenvalue weighted by molar-refractivity contribution is 6.34. The van der Waals surface area contributed by atoms with Gasteiger partial charge in [-0.05, 0) is 55.5 Å². The van der Waals surface area contributed by atoms with Crippen LogP contribution in [0, 0.1) is 12.3 Å².